The van der Waals surface area contributed by atoms with Gasteiger partial charge in [0, 0.05) is 29.1 Å². The fourth-order valence-electron chi connectivity index (χ4n) is 1.46. The predicted octanol–water partition coefficient (Wildman–Crippen LogP) is 3.43. The van der Waals surface area contributed by atoms with Crippen molar-refractivity contribution < 1.29 is 4.74 Å². The number of thiazole rings is 1. The quantitative estimate of drug-likeness (QED) is 0.797. The lowest BCUT2D eigenvalue weighted by Gasteiger charge is -2.08. The zero-order valence-corrected chi connectivity index (χ0v) is 11.3. The lowest BCUT2D eigenvalue weighted by atomic mass is 10.3. The molecule has 0 fully saturated rings. The Labute approximate surface area is 109 Å². The Morgan fingerprint density at radius 3 is 2.88 bits per heavy atom. The van der Waals surface area contributed by atoms with Crippen LogP contribution < -0.4 is 4.74 Å². The third-order valence-electron chi connectivity index (χ3n) is 2.45. The van der Waals surface area contributed by atoms with E-state index in [1.165, 1.54) is 4.88 Å². The molecule has 0 bridgehead atoms. The summed E-state index contributed by atoms with van der Waals surface area (Å²) in [4.78, 5) is 9.46. The topological polar surface area (TPSA) is 35.0 Å². The summed E-state index contributed by atoms with van der Waals surface area (Å²) >= 11 is 7.48. The van der Waals surface area contributed by atoms with Crippen molar-refractivity contribution in [2.45, 2.75) is 20.3 Å². The number of rotatable bonds is 4. The van der Waals surface area contributed by atoms with Crippen LogP contribution in [0.3, 0.4) is 0 Å². The van der Waals surface area contributed by atoms with Gasteiger partial charge < -0.3 is 4.74 Å². The van der Waals surface area contributed by atoms with E-state index in [1.54, 1.807) is 23.6 Å². The van der Waals surface area contributed by atoms with Gasteiger partial charge in [0.05, 0.1) is 17.8 Å². The Hall–Kier alpha value is -1.13. The molecule has 0 N–H and O–H groups in total. The second-order valence-electron chi connectivity index (χ2n) is 3.73. The number of hydrogen-bond donors (Lipinski definition) is 0. The Morgan fingerprint density at radius 1 is 1.35 bits per heavy atom. The van der Waals surface area contributed by atoms with E-state index < -0.39 is 0 Å². The lowest BCUT2D eigenvalue weighted by molar-refractivity contribution is 0.320. The summed E-state index contributed by atoms with van der Waals surface area (Å²) in [6.07, 6.45) is 2.59. The van der Waals surface area contributed by atoms with E-state index in [9.17, 15) is 0 Å². The maximum absolute atomic E-state index is 5.82. The zero-order chi connectivity index (χ0) is 12.3. The van der Waals surface area contributed by atoms with Crippen molar-refractivity contribution in [2.75, 3.05) is 6.61 Å². The van der Waals surface area contributed by atoms with Gasteiger partial charge in [0.25, 0.3) is 0 Å². The maximum atomic E-state index is 5.82. The minimum Gasteiger partial charge on any atom is -0.493 e. The van der Waals surface area contributed by atoms with Crippen LogP contribution in [0, 0.1) is 13.8 Å². The molecule has 2 rings (SSSR count). The van der Waals surface area contributed by atoms with Crippen LogP contribution >= 0.6 is 22.9 Å². The average Bonchev–Trinajstić information content (AvgIpc) is 2.70. The number of nitrogens with zero attached hydrogens (tertiary/aromatic N) is 2. The molecule has 0 aliphatic rings. The molecule has 0 atom stereocenters. The van der Waals surface area contributed by atoms with Crippen molar-refractivity contribution in [1.29, 1.82) is 0 Å². The molecule has 0 saturated heterocycles. The van der Waals surface area contributed by atoms with Crippen LogP contribution in [0.25, 0.3) is 0 Å². The fraction of sp³-hybridized carbons (Fsp3) is 0.333. The minimum absolute atomic E-state index is 0.458. The maximum Gasteiger partial charge on any atom is 0.132 e. The van der Waals surface area contributed by atoms with Crippen LogP contribution in [0.1, 0.15) is 16.1 Å². The molecule has 90 valence electrons. The summed E-state index contributed by atoms with van der Waals surface area (Å²) in [6.45, 7) is 4.60. The van der Waals surface area contributed by atoms with Crippen molar-refractivity contribution in [3.8, 4) is 5.75 Å². The van der Waals surface area contributed by atoms with Crippen LogP contribution in [0.4, 0.5) is 0 Å². The van der Waals surface area contributed by atoms with E-state index in [1.807, 2.05) is 19.4 Å². The number of ether oxygens (including phenoxy) is 1. The Bertz CT molecular complexity index is 513. The Balaban J connectivity index is 1.94. The summed E-state index contributed by atoms with van der Waals surface area (Å²) in [5.41, 5.74) is 3.94. The standard InChI is InChI=1S/C12H13ClN2OS/c1-8-6-14-12(13)5-10(8)16-4-3-11-9(2)15-7-17-11/h5-7H,3-4H2,1-2H3. The smallest absolute Gasteiger partial charge is 0.132 e. The molecular weight excluding hydrogens is 256 g/mol. The van der Waals surface area contributed by atoms with Crippen molar-refractivity contribution in [1.82, 2.24) is 9.97 Å². The van der Waals surface area contributed by atoms with Crippen LogP contribution in [0.5, 0.6) is 5.75 Å². The summed E-state index contributed by atoms with van der Waals surface area (Å²) < 4.78 is 5.70. The van der Waals surface area contributed by atoms with E-state index >= 15 is 0 Å². The van der Waals surface area contributed by atoms with Gasteiger partial charge in [0.1, 0.15) is 10.9 Å². The lowest BCUT2D eigenvalue weighted by Crippen LogP contribution is -2.02. The van der Waals surface area contributed by atoms with Crippen molar-refractivity contribution >= 4 is 22.9 Å². The van der Waals surface area contributed by atoms with Gasteiger partial charge in [-0.2, -0.15) is 0 Å². The first-order valence-corrected chi connectivity index (χ1v) is 6.56. The SMILES string of the molecule is Cc1cnc(Cl)cc1OCCc1scnc1C. The summed E-state index contributed by atoms with van der Waals surface area (Å²) in [7, 11) is 0. The summed E-state index contributed by atoms with van der Waals surface area (Å²) in [5, 5.41) is 0.458. The van der Waals surface area contributed by atoms with Crippen LogP contribution in [-0.2, 0) is 6.42 Å². The molecule has 2 aromatic heterocycles. The Morgan fingerprint density at radius 2 is 2.18 bits per heavy atom. The van der Waals surface area contributed by atoms with Gasteiger partial charge in [-0.1, -0.05) is 11.6 Å². The minimum atomic E-state index is 0.458. The second-order valence-corrected chi connectivity index (χ2v) is 5.06. The largest absolute Gasteiger partial charge is 0.493 e. The van der Waals surface area contributed by atoms with E-state index in [0.29, 0.717) is 11.8 Å². The first-order valence-electron chi connectivity index (χ1n) is 5.30. The Kier molecular flexibility index (Phi) is 3.97. The van der Waals surface area contributed by atoms with Crippen molar-refractivity contribution in [3.05, 3.63) is 39.1 Å². The highest BCUT2D eigenvalue weighted by Crippen LogP contribution is 2.21. The van der Waals surface area contributed by atoms with Crippen LogP contribution in [0.2, 0.25) is 5.15 Å². The van der Waals surface area contributed by atoms with Gasteiger partial charge in [-0.15, -0.1) is 11.3 Å². The molecule has 0 unspecified atom stereocenters. The molecule has 0 radical (unpaired) electrons. The molecule has 0 aromatic carbocycles. The third-order valence-corrected chi connectivity index (χ3v) is 3.65. The molecule has 17 heavy (non-hydrogen) atoms. The molecule has 5 heteroatoms. The number of aryl methyl sites for hydroxylation is 2. The molecule has 0 amide bonds. The highest BCUT2D eigenvalue weighted by molar-refractivity contribution is 7.09. The molecule has 0 spiro atoms. The molecule has 0 aliphatic heterocycles. The second kappa shape index (κ2) is 5.47. The number of hydrogen-bond acceptors (Lipinski definition) is 4. The highest BCUT2D eigenvalue weighted by Gasteiger charge is 2.04. The predicted molar refractivity (Wildman–Crippen MR) is 70.0 cm³/mol. The normalized spacial score (nSPS) is 10.5. The van der Waals surface area contributed by atoms with E-state index in [4.69, 9.17) is 16.3 Å². The van der Waals surface area contributed by atoms with E-state index in [2.05, 4.69) is 9.97 Å². The first kappa shape index (κ1) is 12.3. The molecular formula is C12H13ClN2OS. The van der Waals surface area contributed by atoms with Gasteiger partial charge in [0.2, 0.25) is 0 Å². The zero-order valence-electron chi connectivity index (χ0n) is 9.74. The van der Waals surface area contributed by atoms with Gasteiger partial charge >= 0.3 is 0 Å². The molecule has 2 heterocycles. The van der Waals surface area contributed by atoms with E-state index in [0.717, 1.165) is 23.4 Å². The average molecular weight is 269 g/mol. The van der Waals surface area contributed by atoms with Gasteiger partial charge in [-0.25, -0.2) is 9.97 Å². The number of halogens is 1. The molecule has 0 saturated carbocycles. The number of aromatic nitrogens is 2. The highest BCUT2D eigenvalue weighted by atomic mass is 35.5. The van der Waals surface area contributed by atoms with Crippen molar-refractivity contribution in [2.24, 2.45) is 0 Å². The van der Waals surface area contributed by atoms with Crippen LogP contribution in [-0.4, -0.2) is 16.6 Å². The third kappa shape index (κ3) is 3.17. The monoisotopic (exact) mass is 268 g/mol. The first-order chi connectivity index (χ1) is 8.16. The molecule has 2 aromatic rings. The fourth-order valence-corrected chi connectivity index (χ4v) is 2.37. The van der Waals surface area contributed by atoms with E-state index in [-0.39, 0.29) is 0 Å². The van der Waals surface area contributed by atoms with Crippen molar-refractivity contribution in [3.63, 3.8) is 0 Å². The van der Waals surface area contributed by atoms with Crippen LogP contribution in [0.15, 0.2) is 17.8 Å². The van der Waals surface area contributed by atoms with Gasteiger partial charge in [0.15, 0.2) is 0 Å². The molecule has 0 aliphatic carbocycles. The molecule has 3 nitrogen and oxygen atoms in total. The number of pyridine rings is 1. The summed E-state index contributed by atoms with van der Waals surface area (Å²) in [5.74, 6) is 0.798. The van der Waals surface area contributed by atoms with Gasteiger partial charge in [-0.05, 0) is 13.8 Å². The van der Waals surface area contributed by atoms with Gasteiger partial charge in [-0.3, -0.25) is 0 Å². The summed E-state index contributed by atoms with van der Waals surface area (Å²) in [6, 6.07) is 1.75.